The van der Waals surface area contributed by atoms with Crippen LogP contribution in [-0.4, -0.2) is 27.0 Å². The molecule has 3 rings (SSSR count). The third kappa shape index (κ3) is 4.38. The van der Waals surface area contributed by atoms with Crippen molar-refractivity contribution in [2.75, 3.05) is 6.61 Å². The highest BCUT2D eigenvalue weighted by Gasteiger charge is 2.50. The minimum Gasteiger partial charge on any atom is -0.458 e. The monoisotopic (exact) mass is 408 g/mol. The molecule has 0 unspecified atom stereocenters. The Morgan fingerprint density at radius 3 is 2.00 bits per heavy atom. The first-order valence-corrected chi connectivity index (χ1v) is 12.3. The average molecular weight is 409 g/mol. The largest absolute Gasteiger partial charge is 0.458 e. The summed E-state index contributed by atoms with van der Waals surface area (Å²) in [6, 6.07) is 21.2. The van der Waals surface area contributed by atoms with Crippen LogP contribution in [0.5, 0.6) is 0 Å². The van der Waals surface area contributed by atoms with Crippen molar-refractivity contribution in [3.05, 3.63) is 72.8 Å². The highest BCUT2D eigenvalue weighted by Crippen LogP contribution is 2.37. The molecule has 0 spiro atoms. The number of carbonyl (C=O) groups excluding carboxylic acids is 1. The van der Waals surface area contributed by atoms with Crippen LogP contribution in [0.25, 0.3) is 0 Å². The zero-order chi connectivity index (χ0) is 21.1. The molecule has 0 N–H and O–H groups in total. The van der Waals surface area contributed by atoms with E-state index in [0.29, 0.717) is 6.61 Å². The molecule has 154 valence electrons. The lowest BCUT2D eigenvalue weighted by Crippen LogP contribution is -2.67. The van der Waals surface area contributed by atoms with Crippen LogP contribution in [0.3, 0.4) is 0 Å². The maximum absolute atomic E-state index is 11.8. The van der Waals surface area contributed by atoms with Crippen molar-refractivity contribution in [3.63, 3.8) is 0 Å². The Hall–Kier alpha value is -2.17. The van der Waals surface area contributed by atoms with Crippen LogP contribution < -0.4 is 10.4 Å². The summed E-state index contributed by atoms with van der Waals surface area (Å²) in [5, 5.41) is 2.46. The fourth-order valence-electron chi connectivity index (χ4n) is 4.37. The third-order valence-electron chi connectivity index (χ3n) is 5.85. The van der Waals surface area contributed by atoms with Gasteiger partial charge in [-0.2, -0.15) is 0 Å². The minimum atomic E-state index is -2.57. The molecular weight excluding hydrogens is 376 g/mol. The first-order chi connectivity index (χ1) is 13.8. The first-order valence-electron chi connectivity index (χ1n) is 10.4. The van der Waals surface area contributed by atoms with E-state index in [1.165, 1.54) is 16.4 Å². The van der Waals surface area contributed by atoms with Gasteiger partial charge in [-0.15, -0.1) is 0 Å². The molecule has 0 saturated heterocycles. The van der Waals surface area contributed by atoms with Gasteiger partial charge in [-0.3, -0.25) is 0 Å². The SMILES string of the molecule is C[C@@H]1C=CC(=O)O[C@@H]1[C@@H](C)CO[Si](c1ccccc1)(c1ccccc1)C(C)(C)C. The summed E-state index contributed by atoms with van der Waals surface area (Å²) in [5.41, 5.74) is 0. The van der Waals surface area contributed by atoms with Gasteiger partial charge in [0, 0.05) is 24.5 Å². The Kier molecular flexibility index (Phi) is 6.44. The van der Waals surface area contributed by atoms with Crippen LogP contribution in [0.1, 0.15) is 34.6 Å². The molecule has 3 nitrogen and oxygen atoms in total. The van der Waals surface area contributed by atoms with Gasteiger partial charge in [0.1, 0.15) is 6.10 Å². The van der Waals surface area contributed by atoms with Gasteiger partial charge >= 0.3 is 5.97 Å². The van der Waals surface area contributed by atoms with Crippen LogP contribution >= 0.6 is 0 Å². The Morgan fingerprint density at radius 1 is 1.00 bits per heavy atom. The molecule has 1 aliphatic heterocycles. The molecule has 0 aromatic heterocycles. The van der Waals surface area contributed by atoms with Crippen molar-refractivity contribution in [2.24, 2.45) is 11.8 Å². The van der Waals surface area contributed by atoms with Gasteiger partial charge in [0.15, 0.2) is 0 Å². The number of esters is 1. The quantitative estimate of drug-likeness (QED) is 0.528. The highest BCUT2D eigenvalue weighted by molar-refractivity contribution is 6.99. The van der Waals surface area contributed by atoms with Gasteiger partial charge in [0.25, 0.3) is 8.32 Å². The van der Waals surface area contributed by atoms with Gasteiger partial charge < -0.3 is 9.16 Å². The van der Waals surface area contributed by atoms with E-state index in [1.54, 1.807) is 0 Å². The predicted molar refractivity (Wildman–Crippen MR) is 121 cm³/mol. The van der Waals surface area contributed by atoms with E-state index >= 15 is 0 Å². The summed E-state index contributed by atoms with van der Waals surface area (Å²) in [7, 11) is -2.57. The molecule has 29 heavy (non-hydrogen) atoms. The predicted octanol–water partition coefficient (Wildman–Crippen LogP) is 4.32. The Balaban J connectivity index is 1.98. The zero-order valence-corrected chi connectivity index (χ0v) is 19.1. The number of hydrogen-bond donors (Lipinski definition) is 0. The molecular formula is C25H32O3Si. The van der Waals surface area contributed by atoms with Crippen LogP contribution in [0, 0.1) is 11.8 Å². The fraction of sp³-hybridized carbons (Fsp3) is 0.400. The normalized spacial score (nSPS) is 20.9. The lowest BCUT2D eigenvalue weighted by atomic mass is 9.92. The van der Waals surface area contributed by atoms with Crippen molar-refractivity contribution >= 4 is 24.7 Å². The number of carbonyl (C=O) groups is 1. The van der Waals surface area contributed by atoms with Crippen LogP contribution in [0.2, 0.25) is 5.04 Å². The number of ether oxygens (including phenoxy) is 1. The maximum atomic E-state index is 11.8. The zero-order valence-electron chi connectivity index (χ0n) is 18.1. The number of cyclic esters (lactones) is 1. The second-order valence-electron chi connectivity index (χ2n) is 9.07. The van der Waals surface area contributed by atoms with E-state index in [1.807, 2.05) is 6.08 Å². The van der Waals surface area contributed by atoms with Crippen LogP contribution in [-0.2, 0) is 14.0 Å². The molecule has 0 saturated carbocycles. The van der Waals surface area contributed by atoms with E-state index in [4.69, 9.17) is 9.16 Å². The Labute approximate surface area is 175 Å². The van der Waals surface area contributed by atoms with E-state index in [-0.39, 0.29) is 28.9 Å². The highest BCUT2D eigenvalue weighted by atomic mass is 28.4. The summed E-state index contributed by atoms with van der Waals surface area (Å²) in [6.07, 6.45) is 3.30. The van der Waals surface area contributed by atoms with Crippen molar-refractivity contribution in [2.45, 2.75) is 45.8 Å². The topological polar surface area (TPSA) is 35.5 Å². The molecule has 0 bridgehead atoms. The van der Waals surface area contributed by atoms with Gasteiger partial charge in [0.05, 0.1) is 0 Å². The molecule has 0 fully saturated rings. The smallest absolute Gasteiger partial charge is 0.330 e. The van der Waals surface area contributed by atoms with E-state index in [2.05, 4.69) is 95.3 Å². The van der Waals surface area contributed by atoms with Gasteiger partial charge in [-0.05, 0) is 15.4 Å². The summed E-state index contributed by atoms with van der Waals surface area (Å²) >= 11 is 0. The van der Waals surface area contributed by atoms with Gasteiger partial charge in [-0.25, -0.2) is 4.79 Å². The van der Waals surface area contributed by atoms with Crippen molar-refractivity contribution in [1.29, 1.82) is 0 Å². The van der Waals surface area contributed by atoms with E-state index in [9.17, 15) is 4.79 Å². The molecule has 0 amide bonds. The first kappa shape index (κ1) is 21.5. The lowest BCUT2D eigenvalue weighted by molar-refractivity contribution is -0.150. The fourth-order valence-corrected chi connectivity index (χ4v) is 9.04. The van der Waals surface area contributed by atoms with E-state index in [0.717, 1.165) is 0 Å². The molecule has 0 radical (unpaired) electrons. The van der Waals surface area contributed by atoms with Crippen molar-refractivity contribution in [1.82, 2.24) is 0 Å². The number of rotatable bonds is 6. The van der Waals surface area contributed by atoms with Crippen LogP contribution in [0.15, 0.2) is 72.8 Å². The second kappa shape index (κ2) is 8.68. The number of benzene rings is 2. The minimum absolute atomic E-state index is 0.0653. The molecule has 1 aliphatic rings. The molecule has 0 aliphatic carbocycles. The van der Waals surface area contributed by atoms with Crippen LogP contribution in [0.4, 0.5) is 0 Å². The summed E-state index contributed by atoms with van der Waals surface area (Å²) in [4.78, 5) is 11.8. The van der Waals surface area contributed by atoms with Crippen molar-refractivity contribution < 1.29 is 14.0 Å². The third-order valence-corrected chi connectivity index (χ3v) is 10.9. The van der Waals surface area contributed by atoms with Gasteiger partial charge in [0.2, 0.25) is 0 Å². The summed E-state index contributed by atoms with van der Waals surface area (Å²) in [6.45, 7) is 11.6. The summed E-state index contributed by atoms with van der Waals surface area (Å²) in [5.74, 6) is 0.0244. The maximum Gasteiger partial charge on any atom is 0.330 e. The molecule has 1 heterocycles. The summed E-state index contributed by atoms with van der Waals surface area (Å²) < 4.78 is 12.6. The standard InChI is InChI=1S/C25H32O3Si/c1-19-16-17-23(26)28-24(19)20(2)18-27-29(25(3,4)5,21-12-8-6-9-13-21)22-14-10-7-11-15-22/h6-17,19-20,24H,18H2,1-5H3/t19-,20+,24+/m1/s1. The Bertz CT molecular complexity index is 800. The van der Waals surface area contributed by atoms with E-state index < -0.39 is 8.32 Å². The van der Waals surface area contributed by atoms with Gasteiger partial charge in [-0.1, -0.05) is 101 Å². The van der Waals surface area contributed by atoms with Crippen molar-refractivity contribution in [3.8, 4) is 0 Å². The Morgan fingerprint density at radius 2 is 1.52 bits per heavy atom. The molecule has 2 aromatic carbocycles. The average Bonchev–Trinajstić information content (AvgIpc) is 2.70. The molecule has 4 heteroatoms. The molecule has 2 aromatic rings. The second-order valence-corrected chi connectivity index (χ2v) is 13.4. The lowest BCUT2D eigenvalue weighted by Gasteiger charge is -2.44. The molecule has 3 atom stereocenters. The number of hydrogen-bond acceptors (Lipinski definition) is 3.